The topological polar surface area (TPSA) is 46.7 Å². The van der Waals surface area contributed by atoms with Gasteiger partial charge in [-0.15, -0.1) is 0 Å². The summed E-state index contributed by atoms with van der Waals surface area (Å²) in [5.74, 6) is 0.377. The van der Waals surface area contributed by atoms with E-state index in [9.17, 15) is 8.42 Å². The van der Waals surface area contributed by atoms with Crippen LogP contribution in [-0.4, -0.2) is 26.9 Å². The second kappa shape index (κ2) is 5.02. The Morgan fingerprint density at radius 2 is 2.06 bits per heavy atom. The van der Waals surface area contributed by atoms with E-state index >= 15 is 0 Å². The normalized spacial score (nSPS) is 24.8. The van der Waals surface area contributed by atoms with Crippen molar-refractivity contribution >= 4 is 9.84 Å². The molecular formula is C14H20O3S. The van der Waals surface area contributed by atoms with Gasteiger partial charge < -0.3 is 4.74 Å². The third-order valence-electron chi connectivity index (χ3n) is 3.60. The van der Waals surface area contributed by atoms with E-state index in [0.29, 0.717) is 23.0 Å². The van der Waals surface area contributed by atoms with E-state index in [-0.39, 0.29) is 0 Å². The summed E-state index contributed by atoms with van der Waals surface area (Å²) in [4.78, 5) is 0.406. The molecule has 0 amide bonds. The minimum Gasteiger partial charge on any atom is -0.370 e. The van der Waals surface area contributed by atoms with E-state index in [1.54, 1.807) is 12.1 Å². The van der Waals surface area contributed by atoms with Crippen molar-refractivity contribution in [2.75, 3.05) is 6.26 Å². The van der Waals surface area contributed by atoms with Gasteiger partial charge in [0.25, 0.3) is 0 Å². The fourth-order valence-electron chi connectivity index (χ4n) is 2.30. The van der Waals surface area contributed by atoms with Crippen molar-refractivity contribution in [3.8, 4) is 0 Å². The monoisotopic (exact) mass is 268 g/mol. The summed E-state index contributed by atoms with van der Waals surface area (Å²) < 4.78 is 28.6. The highest BCUT2D eigenvalue weighted by Crippen LogP contribution is 2.34. The van der Waals surface area contributed by atoms with Crippen molar-refractivity contribution < 1.29 is 13.2 Å². The smallest absolute Gasteiger partial charge is 0.175 e. The van der Waals surface area contributed by atoms with Crippen molar-refractivity contribution in [1.82, 2.24) is 0 Å². The van der Waals surface area contributed by atoms with Gasteiger partial charge in [-0.2, -0.15) is 0 Å². The summed E-state index contributed by atoms with van der Waals surface area (Å²) in [6.45, 7) is 4.20. The quantitative estimate of drug-likeness (QED) is 0.771. The molecule has 1 heterocycles. The highest BCUT2D eigenvalue weighted by atomic mass is 32.2. The second-order valence-corrected chi connectivity index (χ2v) is 7.08. The maximum absolute atomic E-state index is 11.6. The van der Waals surface area contributed by atoms with Gasteiger partial charge in [-0.3, -0.25) is 0 Å². The van der Waals surface area contributed by atoms with E-state index < -0.39 is 9.84 Å². The second-order valence-electron chi connectivity index (χ2n) is 5.07. The molecule has 0 N–H and O–H groups in total. The number of benzene rings is 1. The number of ether oxygens (including phenoxy) is 1. The van der Waals surface area contributed by atoms with Crippen LogP contribution >= 0.6 is 0 Å². The Kier molecular flexibility index (Phi) is 3.78. The molecule has 0 aliphatic carbocycles. The molecule has 0 radical (unpaired) electrons. The molecule has 3 atom stereocenters. The van der Waals surface area contributed by atoms with Crippen LogP contribution in [0.2, 0.25) is 0 Å². The highest BCUT2D eigenvalue weighted by Gasteiger charge is 2.35. The van der Waals surface area contributed by atoms with Crippen LogP contribution in [0.1, 0.15) is 38.2 Å². The van der Waals surface area contributed by atoms with Crippen LogP contribution in [0.5, 0.6) is 0 Å². The SMILES string of the molecule is CCC(CC1OC1C)c1cccc(S(C)(=O)=O)c1. The van der Waals surface area contributed by atoms with Crippen LogP contribution in [0, 0.1) is 0 Å². The van der Waals surface area contributed by atoms with Gasteiger partial charge >= 0.3 is 0 Å². The van der Waals surface area contributed by atoms with E-state index in [4.69, 9.17) is 4.74 Å². The van der Waals surface area contributed by atoms with E-state index in [1.165, 1.54) is 6.26 Å². The lowest BCUT2D eigenvalue weighted by Crippen LogP contribution is -2.05. The lowest BCUT2D eigenvalue weighted by molar-refractivity contribution is 0.357. The molecule has 1 fully saturated rings. The molecule has 2 rings (SSSR count). The van der Waals surface area contributed by atoms with Gasteiger partial charge in [0.05, 0.1) is 17.1 Å². The average molecular weight is 268 g/mol. The summed E-state index contributed by atoms with van der Waals surface area (Å²) in [6, 6.07) is 7.29. The minimum atomic E-state index is -3.12. The standard InChI is InChI=1S/C14H20O3S/c1-4-11(9-14-10(2)17-14)12-6-5-7-13(8-12)18(3,15)16/h5-8,10-11,14H,4,9H2,1-3H3. The lowest BCUT2D eigenvalue weighted by Gasteiger charge is -2.15. The third kappa shape index (κ3) is 3.12. The summed E-state index contributed by atoms with van der Waals surface area (Å²) in [6.07, 6.45) is 3.93. The molecule has 0 spiro atoms. The van der Waals surface area contributed by atoms with Crippen molar-refractivity contribution in [2.45, 2.75) is 49.7 Å². The molecule has 100 valence electrons. The van der Waals surface area contributed by atoms with Crippen molar-refractivity contribution in [1.29, 1.82) is 0 Å². The first-order valence-electron chi connectivity index (χ1n) is 6.37. The molecule has 18 heavy (non-hydrogen) atoms. The van der Waals surface area contributed by atoms with Crippen LogP contribution in [-0.2, 0) is 14.6 Å². The van der Waals surface area contributed by atoms with Crippen molar-refractivity contribution in [3.63, 3.8) is 0 Å². The van der Waals surface area contributed by atoms with Gasteiger partial charge in [0, 0.05) is 6.26 Å². The Balaban J connectivity index is 2.20. The Morgan fingerprint density at radius 3 is 2.56 bits per heavy atom. The molecule has 0 saturated carbocycles. The van der Waals surface area contributed by atoms with E-state index in [2.05, 4.69) is 13.8 Å². The Hall–Kier alpha value is -0.870. The fourth-order valence-corrected chi connectivity index (χ4v) is 2.97. The Morgan fingerprint density at radius 1 is 1.39 bits per heavy atom. The number of hydrogen-bond acceptors (Lipinski definition) is 3. The molecule has 4 heteroatoms. The van der Waals surface area contributed by atoms with Gasteiger partial charge in [-0.1, -0.05) is 19.1 Å². The van der Waals surface area contributed by atoms with E-state index in [1.807, 2.05) is 12.1 Å². The summed E-state index contributed by atoms with van der Waals surface area (Å²) in [7, 11) is -3.12. The lowest BCUT2D eigenvalue weighted by atomic mass is 9.91. The van der Waals surface area contributed by atoms with Gasteiger partial charge in [0.15, 0.2) is 9.84 Å². The van der Waals surface area contributed by atoms with Gasteiger partial charge in [-0.25, -0.2) is 8.42 Å². The highest BCUT2D eigenvalue weighted by molar-refractivity contribution is 7.90. The predicted molar refractivity (Wildman–Crippen MR) is 71.5 cm³/mol. The van der Waals surface area contributed by atoms with Crippen LogP contribution in [0.4, 0.5) is 0 Å². The molecule has 0 bridgehead atoms. The largest absolute Gasteiger partial charge is 0.370 e. The Bertz CT molecular complexity index is 522. The zero-order valence-corrected chi connectivity index (χ0v) is 11.9. The van der Waals surface area contributed by atoms with Crippen molar-refractivity contribution in [2.24, 2.45) is 0 Å². The predicted octanol–water partition coefficient (Wildman–Crippen LogP) is 2.76. The van der Waals surface area contributed by atoms with Gasteiger partial charge in [0.2, 0.25) is 0 Å². The number of epoxide rings is 1. The molecule has 1 aromatic rings. The number of hydrogen-bond donors (Lipinski definition) is 0. The van der Waals surface area contributed by atoms with Crippen LogP contribution in [0.25, 0.3) is 0 Å². The maximum atomic E-state index is 11.6. The molecular weight excluding hydrogens is 248 g/mol. The molecule has 1 aromatic carbocycles. The van der Waals surface area contributed by atoms with Gasteiger partial charge in [0.1, 0.15) is 0 Å². The number of sulfone groups is 1. The minimum absolute atomic E-state index is 0.344. The van der Waals surface area contributed by atoms with Gasteiger partial charge in [-0.05, 0) is 43.4 Å². The molecule has 1 aliphatic rings. The van der Waals surface area contributed by atoms with Crippen molar-refractivity contribution in [3.05, 3.63) is 29.8 Å². The molecule has 3 nitrogen and oxygen atoms in total. The maximum Gasteiger partial charge on any atom is 0.175 e. The first-order valence-corrected chi connectivity index (χ1v) is 8.26. The molecule has 3 unspecified atom stereocenters. The molecule has 0 aromatic heterocycles. The fraction of sp³-hybridized carbons (Fsp3) is 0.571. The summed E-state index contributed by atoms with van der Waals surface area (Å²) in [5, 5.41) is 0. The number of rotatable bonds is 5. The first-order chi connectivity index (χ1) is 8.41. The third-order valence-corrected chi connectivity index (χ3v) is 4.71. The summed E-state index contributed by atoms with van der Waals surface area (Å²) >= 11 is 0. The Labute approximate surface area is 109 Å². The zero-order chi connectivity index (χ0) is 13.3. The zero-order valence-electron chi connectivity index (χ0n) is 11.1. The van der Waals surface area contributed by atoms with E-state index in [0.717, 1.165) is 18.4 Å². The van der Waals surface area contributed by atoms with Crippen LogP contribution in [0.3, 0.4) is 0 Å². The van der Waals surface area contributed by atoms with Crippen LogP contribution < -0.4 is 0 Å². The van der Waals surface area contributed by atoms with Crippen LogP contribution in [0.15, 0.2) is 29.2 Å². The molecule has 1 aliphatic heterocycles. The first kappa shape index (κ1) is 13.6. The average Bonchev–Trinajstić information content (AvgIpc) is 3.01. The molecule has 1 saturated heterocycles. The summed E-state index contributed by atoms with van der Waals surface area (Å²) in [5.41, 5.74) is 1.10.